The molecule has 0 amide bonds. The maximum absolute atomic E-state index is 13.5. The summed E-state index contributed by atoms with van der Waals surface area (Å²) >= 11 is 9.21. The van der Waals surface area contributed by atoms with E-state index >= 15 is 0 Å². The summed E-state index contributed by atoms with van der Waals surface area (Å²) in [6.07, 6.45) is 3.22. The molecule has 0 saturated carbocycles. The number of halogens is 3. The summed E-state index contributed by atoms with van der Waals surface area (Å²) in [4.78, 5) is 3.97. The van der Waals surface area contributed by atoms with Crippen molar-refractivity contribution in [2.45, 2.75) is 0 Å². The first-order valence-corrected chi connectivity index (χ1v) is 5.40. The van der Waals surface area contributed by atoms with Crippen LogP contribution >= 0.6 is 27.5 Å². The van der Waals surface area contributed by atoms with Crippen molar-refractivity contribution in [3.63, 3.8) is 0 Å². The second-order valence-electron chi connectivity index (χ2n) is 2.99. The lowest BCUT2D eigenvalue weighted by atomic mass is 10.1. The molecule has 0 radical (unpaired) electrons. The molecule has 0 N–H and O–H groups in total. The van der Waals surface area contributed by atoms with E-state index in [1.807, 2.05) is 0 Å². The molecule has 0 spiro atoms. The van der Waals surface area contributed by atoms with E-state index in [-0.39, 0.29) is 5.82 Å². The van der Waals surface area contributed by atoms with Gasteiger partial charge < -0.3 is 0 Å². The largest absolute Gasteiger partial charge is 0.263 e. The van der Waals surface area contributed by atoms with Gasteiger partial charge in [-0.3, -0.25) is 4.98 Å². The van der Waals surface area contributed by atoms with E-state index in [2.05, 4.69) is 20.9 Å². The quantitative estimate of drug-likeness (QED) is 0.761. The van der Waals surface area contributed by atoms with E-state index in [4.69, 9.17) is 11.6 Å². The zero-order valence-corrected chi connectivity index (χ0v) is 9.89. The third-order valence-corrected chi connectivity index (χ3v) is 2.70. The molecule has 1 aromatic heterocycles. The summed E-state index contributed by atoms with van der Waals surface area (Å²) < 4.78 is 14.3. The molecule has 4 heteroatoms. The molecule has 1 heterocycles. The van der Waals surface area contributed by atoms with E-state index in [1.54, 1.807) is 30.6 Å². The summed E-state index contributed by atoms with van der Waals surface area (Å²) in [6, 6.07) is 6.38. The lowest BCUT2D eigenvalue weighted by molar-refractivity contribution is 0.631. The van der Waals surface area contributed by atoms with Crippen LogP contribution in [0.5, 0.6) is 0 Å². The predicted octanol–water partition coefficient (Wildman–Crippen LogP) is 4.30. The van der Waals surface area contributed by atoms with Crippen molar-refractivity contribution in [3.8, 4) is 11.1 Å². The van der Waals surface area contributed by atoms with Crippen LogP contribution in [0, 0.1) is 5.82 Å². The Bertz CT molecular complexity index is 481. The topological polar surface area (TPSA) is 12.9 Å². The van der Waals surface area contributed by atoms with Gasteiger partial charge in [0.15, 0.2) is 0 Å². The highest BCUT2D eigenvalue weighted by Gasteiger charge is 2.09. The van der Waals surface area contributed by atoms with Crippen LogP contribution < -0.4 is 0 Å². The first-order valence-electron chi connectivity index (χ1n) is 4.23. The Hall–Kier alpha value is -0.930. The van der Waals surface area contributed by atoms with Crippen LogP contribution in [0.4, 0.5) is 4.39 Å². The summed E-state index contributed by atoms with van der Waals surface area (Å²) in [5.74, 6) is -0.345. The molecule has 1 nitrogen and oxygen atoms in total. The molecule has 0 bridgehead atoms. The standard InChI is InChI=1S/C11H6BrClFN/c12-8-4-7(5-15-6-8)11-9(13)2-1-3-10(11)14/h1-6H. The number of aromatic nitrogens is 1. The van der Waals surface area contributed by atoms with Crippen LogP contribution in [0.1, 0.15) is 0 Å². The number of benzene rings is 1. The van der Waals surface area contributed by atoms with Gasteiger partial charge in [-0.1, -0.05) is 17.7 Å². The van der Waals surface area contributed by atoms with E-state index in [9.17, 15) is 4.39 Å². The molecule has 0 unspecified atom stereocenters. The van der Waals surface area contributed by atoms with Crippen molar-refractivity contribution in [2.24, 2.45) is 0 Å². The van der Waals surface area contributed by atoms with Gasteiger partial charge in [-0.2, -0.15) is 0 Å². The number of hydrogen-bond donors (Lipinski definition) is 0. The van der Waals surface area contributed by atoms with E-state index in [1.165, 1.54) is 6.07 Å². The fourth-order valence-corrected chi connectivity index (χ4v) is 1.96. The van der Waals surface area contributed by atoms with Crippen molar-refractivity contribution in [2.75, 3.05) is 0 Å². The predicted molar refractivity (Wildman–Crippen MR) is 62.3 cm³/mol. The van der Waals surface area contributed by atoms with Crippen molar-refractivity contribution >= 4 is 27.5 Å². The Kier molecular flexibility index (Phi) is 3.03. The maximum Gasteiger partial charge on any atom is 0.132 e. The molecule has 2 rings (SSSR count). The van der Waals surface area contributed by atoms with Gasteiger partial charge in [-0.25, -0.2) is 4.39 Å². The molecule has 0 aliphatic heterocycles. The van der Waals surface area contributed by atoms with Crippen molar-refractivity contribution in [1.82, 2.24) is 4.98 Å². The van der Waals surface area contributed by atoms with Gasteiger partial charge in [0.05, 0.1) is 5.02 Å². The van der Waals surface area contributed by atoms with Gasteiger partial charge in [-0.15, -0.1) is 0 Å². The second-order valence-corrected chi connectivity index (χ2v) is 4.31. The average molecular weight is 287 g/mol. The molecule has 2 aromatic rings. The fraction of sp³-hybridized carbons (Fsp3) is 0. The van der Waals surface area contributed by atoms with E-state index in [0.717, 1.165) is 4.47 Å². The number of pyridine rings is 1. The summed E-state index contributed by atoms with van der Waals surface area (Å²) in [5.41, 5.74) is 1.04. The third-order valence-electron chi connectivity index (χ3n) is 1.96. The Morgan fingerprint density at radius 1 is 1.27 bits per heavy atom. The molecule has 1 aromatic carbocycles. The highest BCUT2D eigenvalue weighted by atomic mass is 79.9. The van der Waals surface area contributed by atoms with Gasteiger partial charge >= 0.3 is 0 Å². The Morgan fingerprint density at radius 3 is 2.73 bits per heavy atom. The normalized spacial score (nSPS) is 10.3. The summed E-state index contributed by atoms with van der Waals surface area (Å²) in [5, 5.41) is 0.384. The molecule has 0 aliphatic carbocycles. The zero-order valence-electron chi connectivity index (χ0n) is 7.55. The Balaban J connectivity index is 2.63. The van der Waals surface area contributed by atoms with E-state index in [0.29, 0.717) is 16.1 Å². The highest BCUT2D eigenvalue weighted by molar-refractivity contribution is 9.10. The van der Waals surface area contributed by atoms with Crippen LogP contribution in [0.15, 0.2) is 41.1 Å². The van der Waals surface area contributed by atoms with Gasteiger partial charge in [0.25, 0.3) is 0 Å². The lowest BCUT2D eigenvalue weighted by Crippen LogP contribution is -1.86. The smallest absolute Gasteiger partial charge is 0.132 e. The van der Waals surface area contributed by atoms with Gasteiger partial charge in [0, 0.05) is 28.0 Å². The summed E-state index contributed by atoms with van der Waals surface area (Å²) in [7, 11) is 0. The molecular formula is C11H6BrClFN. The zero-order chi connectivity index (χ0) is 10.8. The highest BCUT2D eigenvalue weighted by Crippen LogP contribution is 2.31. The van der Waals surface area contributed by atoms with Crippen LogP contribution in [0.25, 0.3) is 11.1 Å². The lowest BCUT2D eigenvalue weighted by Gasteiger charge is -2.05. The fourth-order valence-electron chi connectivity index (χ4n) is 1.32. The molecular weight excluding hydrogens is 280 g/mol. The van der Waals surface area contributed by atoms with Gasteiger partial charge in [0.1, 0.15) is 5.82 Å². The first kappa shape index (κ1) is 10.6. The number of rotatable bonds is 1. The SMILES string of the molecule is Fc1cccc(Cl)c1-c1cncc(Br)c1. The molecule has 0 saturated heterocycles. The second kappa shape index (κ2) is 4.29. The third kappa shape index (κ3) is 2.19. The molecule has 0 atom stereocenters. The Labute approximate surface area is 100 Å². The molecule has 76 valence electrons. The molecule has 15 heavy (non-hydrogen) atoms. The summed E-state index contributed by atoms with van der Waals surface area (Å²) in [6.45, 7) is 0. The van der Waals surface area contributed by atoms with E-state index < -0.39 is 0 Å². The van der Waals surface area contributed by atoms with Gasteiger partial charge in [0.2, 0.25) is 0 Å². The van der Waals surface area contributed by atoms with Crippen LogP contribution in [0.2, 0.25) is 5.02 Å². The van der Waals surface area contributed by atoms with Crippen molar-refractivity contribution in [3.05, 3.63) is 52.0 Å². The molecule has 0 aliphatic rings. The average Bonchev–Trinajstić information content (AvgIpc) is 2.17. The van der Waals surface area contributed by atoms with Crippen molar-refractivity contribution < 1.29 is 4.39 Å². The van der Waals surface area contributed by atoms with Crippen molar-refractivity contribution in [1.29, 1.82) is 0 Å². The number of hydrogen-bond acceptors (Lipinski definition) is 1. The minimum absolute atomic E-state index is 0.345. The minimum atomic E-state index is -0.345. The van der Waals surface area contributed by atoms with Gasteiger partial charge in [-0.05, 0) is 34.1 Å². The monoisotopic (exact) mass is 285 g/mol. The molecule has 0 fully saturated rings. The minimum Gasteiger partial charge on any atom is -0.263 e. The van der Waals surface area contributed by atoms with Crippen LogP contribution in [-0.2, 0) is 0 Å². The van der Waals surface area contributed by atoms with Crippen LogP contribution in [0.3, 0.4) is 0 Å². The number of nitrogens with zero attached hydrogens (tertiary/aromatic N) is 1. The first-order chi connectivity index (χ1) is 7.18. The Morgan fingerprint density at radius 2 is 2.07 bits per heavy atom. The van der Waals surface area contributed by atoms with Crippen LogP contribution in [-0.4, -0.2) is 4.98 Å². The maximum atomic E-state index is 13.5.